The first-order chi connectivity index (χ1) is 6.79. The minimum atomic E-state index is 0.172. The molecular formula is C12H17NS. The molecule has 14 heavy (non-hydrogen) atoms. The van der Waals surface area contributed by atoms with Crippen LogP contribution >= 0.6 is 11.3 Å². The molecule has 0 aliphatic rings. The van der Waals surface area contributed by atoms with Gasteiger partial charge in [0.2, 0.25) is 0 Å². The lowest BCUT2D eigenvalue weighted by molar-refractivity contribution is 0.673. The van der Waals surface area contributed by atoms with E-state index in [-0.39, 0.29) is 6.04 Å². The molecule has 0 spiro atoms. The highest BCUT2D eigenvalue weighted by molar-refractivity contribution is 7.10. The maximum atomic E-state index is 6.10. The Bertz CT molecular complexity index is 330. The largest absolute Gasteiger partial charge is 0.323 e. The third-order valence-corrected chi connectivity index (χ3v) is 3.35. The zero-order valence-electron chi connectivity index (χ0n) is 8.84. The summed E-state index contributed by atoms with van der Waals surface area (Å²) in [7, 11) is 0. The van der Waals surface area contributed by atoms with Gasteiger partial charge in [0.1, 0.15) is 0 Å². The van der Waals surface area contributed by atoms with E-state index in [1.54, 1.807) is 11.3 Å². The summed E-state index contributed by atoms with van der Waals surface area (Å²) in [6.45, 7) is 4.04. The Kier molecular flexibility index (Phi) is 4.72. The van der Waals surface area contributed by atoms with E-state index in [4.69, 9.17) is 5.73 Å². The van der Waals surface area contributed by atoms with Gasteiger partial charge in [0.25, 0.3) is 0 Å². The maximum absolute atomic E-state index is 6.10. The van der Waals surface area contributed by atoms with Gasteiger partial charge in [-0.25, -0.2) is 0 Å². The number of aryl methyl sites for hydroxylation is 1. The molecule has 0 saturated heterocycles. The van der Waals surface area contributed by atoms with Crippen LogP contribution in [0.25, 0.3) is 0 Å². The van der Waals surface area contributed by atoms with Crippen LogP contribution in [-0.2, 0) is 6.42 Å². The van der Waals surface area contributed by atoms with Crippen molar-refractivity contribution in [1.82, 2.24) is 0 Å². The summed E-state index contributed by atoms with van der Waals surface area (Å²) >= 11 is 1.77. The molecule has 1 heterocycles. The highest BCUT2D eigenvalue weighted by Crippen LogP contribution is 2.26. The third-order valence-electron chi connectivity index (χ3n) is 2.26. The molecule has 1 nitrogen and oxygen atoms in total. The summed E-state index contributed by atoms with van der Waals surface area (Å²) in [6, 6.07) is 2.34. The zero-order chi connectivity index (χ0) is 10.4. The van der Waals surface area contributed by atoms with Crippen LogP contribution in [0.15, 0.2) is 11.4 Å². The highest BCUT2D eigenvalue weighted by Gasteiger charge is 2.10. The van der Waals surface area contributed by atoms with Gasteiger partial charge in [-0.15, -0.1) is 23.2 Å². The van der Waals surface area contributed by atoms with Gasteiger partial charge >= 0.3 is 0 Å². The van der Waals surface area contributed by atoms with Crippen molar-refractivity contribution in [1.29, 1.82) is 0 Å². The molecule has 2 heteroatoms. The van der Waals surface area contributed by atoms with E-state index in [0.717, 1.165) is 19.3 Å². The average Bonchev–Trinajstić information content (AvgIpc) is 2.65. The van der Waals surface area contributed by atoms with Crippen molar-refractivity contribution in [2.45, 2.75) is 39.2 Å². The van der Waals surface area contributed by atoms with Gasteiger partial charge in [-0.2, -0.15) is 0 Å². The molecule has 0 bridgehead atoms. The average molecular weight is 207 g/mol. The number of nitrogens with two attached hydrogens (primary N) is 1. The first-order valence-corrected chi connectivity index (χ1v) is 5.89. The molecule has 1 atom stereocenters. The van der Waals surface area contributed by atoms with Gasteiger partial charge < -0.3 is 5.73 Å². The summed E-state index contributed by atoms with van der Waals surface area (Å²) in [4.78, 5) is 1.34. The SMILES string of the molecule is CC#CCCC(N)c1sccc1CC. The van der Waals surface area contributed by atoms with E-state index >= 15 is 0 Å². The van der Waals surface area contributed by atoms with E-state index < -0.39 is 0 Å². The fraction of sp³-hybridized carbons (Fsp3) is 0.500. The van der Waals surface area contributed by atoms with Crippen LogP contribution < -0.4 is 5.73 Å². The van der Waals surface area contributed by atoms with Gasteiger partial charge in [0.05, 0.1) is 0 Å². The predicted molar refractivity (Wildman–Crippen MR) is 63.3 cm³/mol. The Labute approximate surface area is 90.3 Å². The van der Waals surface area contributed by atoms with Crippen molar-refractivity contribution < 1.29 is 0 Å². The molecular weight excluding hydrogens is 190 g/mol. The van der Waals surface area contributed by atoms with Crippen molar-refractivity contribution in [2.24, 2.45) is 5.73 Å². The van der Waals surface area contributed by atoms with Crippen molar-refractivity contribution in [2.75, 3.05) is 0 Å². The standard InChI is InChI=1S/C12H17NS/c1-3-5-6-7-11(13)12-10(4-2)8-9-14-12/h8-9,11H,4,6-7,13H2,1-2H3. The fourth-order valence-electron chi connectivity index (χ4n) is 1.45. The van der Waals surface area contributed by atoms with E-state index in [9.17, 15) is 0 Å². The Morgan fingerprint density at radius 2 is 2.36 bits per heavy atom. The number of rotatable bonds is 4. The Hall–Kier alpha value is -0.780. The van der Waals surface area contributed by atoms with Crippen molar-refractivity contribution in [3.05, 3.63) is 21.9 Å². The number of hydrogen-bond donors (Lipinski definition) is 1. The van der Waals surface area contributed by atoms with Crippen molar-refractivity contribution in [3.63, 3.8) is 0 Å². The van der Waals surface area contributed by atoms with Crippen LogP contribution in [0.5, 0.6) is 0 Å². The number of hydrogen-bond acceptors (Lipinski definition) is 2. The molecule has 0 radical (unpaired) electrons. The number of thiophene rings is 1. The monoisotopic (exact) mass is 207 g/mol. The zero-order valence-corrected chi connectivity index (χ0v) is 9.66. The molecule has 0 saturated carbocycles. The lowest BCUT2D eigenvalue weighted by Crippen LogP contribution is -2.09. The quantitative estimate of drug-likeness (QED) is 0.754. The summed E-state index contributed by atoms with van der Waals surface area (Å²) in [5.74, 6) is 5.95. The topological polar surface area (TPSA) is 26.0 Å². The van der Waals surface area contributed by atoms with Crippen molar-refractivity contribution in [3.8, 4) is 11.8 Å². The van der Waals surface area contributed by atoms with Gasteiger partial charge in [-0.05, 0) is 36.8 Å². The maximum Gasteiger partial charge on any atom is 0.0401 e. The van der Waals surface area contributed by atoms with E-state index in [1.807, 2.05) is 6.92 Å². The summed E-state index contributed by atoms with van der Waals surface area (Å²) < 4.78 is 0. The van der Waals surface area contributed by atoms with E-state index in [2.05, 4.69) is 30.2 Å². The minimum Gasteiger partial charge on any atom is -0.323 e. The van der Waals surface area contributed by atoms with Gasteiger partial charge in [0, 0.05) is 17.3 Å². The second kappa shape index (κ2) is 5.85. The molecule has 1 rings (SSSR count). The molecule has 1 aromatic rings. The van der Waals surface area contributed by atoms with Crippen molar-refractivity contribution >= 4 is 11.3 Å². The third kappa shape index (κ3) is 2.87. The molecule has 1 unspecified atom stereocenters. The highest BCUT2D eigenvalue weighted by atomic mass is 32.1. The van der Waals surface area contributed by atoms with E-state index in [0.29, 0.717) is 0 Å². The second-order valence-electron chi connectivity index (χ2n) is 3.24. The summed E-state index contributed by atoms with van der Waals surface area (Å²) in [6.07, 6.45) is 2.94. The molecule has 1 aromatic heterocycles. The molecule has 76 valence electrons. The van der Waals surface area contributed by atoms with Crippen LogP contribution in [0.1, 0.15) is 43.2 Å². The first kappa shape index (κ1) is 11.3. The molecule has 0 aliphatic carbocycles. The summed E-state index contributed by atoms with van der Waals surface area (Å²) in [5, 5.41) is 2.12. The van der Waals surface area contributed by atoms with Crippen LogP contribution in [0.3, 0.4) is 0 Å². The van der Waals surface area contributed by atoms with Crippen LogP contribution in [0.2, 0.25) is 0 Å². The Balaban J connectivity index is 2.58. The molecule has 0 amide bonds. The second-order valence-corrected chi connectivity index (χ2v) is 4.18. The molecule has 0 aliphatic heterocycles. The lowest BCUT2D eigenvalue weighted by atomic mass is 10.1. The molecule has 0 aromatic carbocycles. The summed E-state index contributed by atoms with van der Waals surface area (Å²) in [5.41, 5.74) is 7.49. The van der Waals surface area contributed by atoms with Gasteiger partial charge in [-0.3, -0.25) is 0 Å². The van der Waals surface area contributed by atoms with Crippen LogP contribution in [0, 0.1) is 11.8 Å². The Morgan fingerprint density at radius 1 is 1.57 bits per heavy atom. The smallest absolute Gasteiger partial charge is 0.0401 e. The predicted octanol–water partition coefficient (Wildman–Crippen LogP) is 3.11. The fourth-order valence-corrected chi connectivity index (χ4v) is 2.48. The minimum absolute atomic E-state index is 0.172. The molecule has 2 N–H and O–H groups in total. The van der Waals surface area contributed by atoms with Gasteiger partial charge in [-0.1, -0.05) is 6.92 Å². The lowest BCUT2D eigenvalue weighted by Gasteiger charge is -2.09. The Morgan fingerprint density at radius 3 is 3.00 bits per heavy atom. The van der Waals surface area contributed by atoms with Gasteiger partial charge in [0.15, 0.2) is 0 Å². The van der Waals surface area contributed by atoms with Crippen LogP contribution in [0.4, 0.5) is 0 Å². The first-order valence-electron chi connectivity index (χ1n) is 5.01. The van der Waals surface area contributed by atoms with E-state index in [1.165, 1.54) is 10.4 Å². The van der Waals surface area contributed by atoms with Crippen LogP contribution in [-0.4, -0.2) is 0 Å². The normalized spacial score (nSPS) is 11.9. The molecule has 0 fully saturated rings.